The quantitative estimate of drug-likeness (QED) is 0.497. The molecule has 0 saturated carbocycles. The molecule has 1 heterocycles. The van der Waals surface area contributed by atoms with E-state index >= 15 is 0 Å². The van der Waals surface area contributed by atoms with Gasteiger partial charge in [0.25, 0.3) is 0 Å². The molecule has 84 valence electrons. The summed E-state index contributed by atoms with van der Waals surface area (Å²) in [7, 11) is 0. The Balaban J connectivity index is 1.93. The average Bonchev–Trinajstić information content (AvgIpc) is 2.75. The molecule has 0 aliphatic carbocycles. The molecule has 0 aliphatic rings. The molecule has 0 fully saturated rings. The van der Waals surface area contributed by atoms with Gasteiger partial charge in [-0.3, -0.25) is 0 Å². The maximum absolute atomic E-state index is 3.02. The molecule has 0 atom stereocenters. The van der Waals surface area contributed by atoms with Crippen molar-refractivity contribution < 1.29 is 4.57 Å². The molecule has 2 nitrogen and oxygen atoms in total. The normalized spacial score (nSPS) is 11.3. The highest BCUT2D eigenvalue weighted by molar-refractivity contribution is 5.04. The molecule has 0 amide bonds. The van der Waals surface area contributed by atoms with E-state index in [9.17, 15) is 0 Å². The fourth-order valence-corrected chi connectivity index (χ4v) is 1.63. The van der Waals surface area contributed by atoms with Crippen molar-refractivity contribution in [2.24, 2.45) is 0 Å². The van der Waals surface area contributed by atoms with Crippen molar-refractivity contribution in [2.45, 2.75) is 51.9 Å². The Morgan fingerprint density at radius 1 is 1.13 bits per heavy atom. The zero-order valence-electron chi connectivity index (χ0n) is 9.78. The molecule has 1 N–H and O–H groups in total. The van der Waals surface area contributed by atoms with Crippen LogP contribution >= 0.6 is 0 Å². The van der Waals surface area contributed by atoms with Crippen LogP contribution in [0, 0.1) is 0 Å². The van der Waals surface area contributed by atoms with E-state index in [0.29, 0.717) is 0 Å². The van der Waals surface area contributed by atoms with Crippen LogP contribution in [-0.4, -0.2) is 4.98 Å². The van der Waals surface area contributed by atoms with E-state index in [1.54, 1.807) is 0 Å². The van der Waals surface area contributed by atoms with Crippen LogP contribution in [0.3, 0.4) is 0 Å². The summed E-state index contributed by atoms with van der Waals surface area (Å²) in [6.45, 7) is 2.26. The SMILES string of the molecule is CCCCCCCCC=C[n+]1cc[nH]c1. The molecular weight excluding hydrogens is 184 g/mol. The van der Waals surface area contributed by atoms with E-state index in [-0.39, 0.29) is 0 Å². The van der Waals surface area contributed by atoms with Crippen molar-refractivity contribution in [3.8, 4) is 0 Å². The van der Waals surface area contributed by atoms with Crippen molar-refractivity contribution in [1.29, 1.82) is 0 Å². The third-order valence-electron chi connectivity index (χ3n) is 2.57. The fraction of sp³-hybridized carbons (Fsp3) is 0.615. The highest BCUT2D eigenvalue weighted by Crippen LogP contribution is 2.06. The summed E-state index contributed by atoms with van der Waals surface area (Å²) in [6, 6.07) is 0. The Kier molecular flexibility index (Phi) is 6.63. The summed E-state index contributed by atoms with van der Waals surface area (Å²) >= 11 is 0. The van der Waals surface area contributed by atoms with Gasteiger partial charge in [-0.05, 0) is 18.9 Å². The lowest BCUT2D eigenvalue weighted by Crippen LogP contribution is -2.20. The van der Waals surface area contributed by atoms with E-state index < -0.39 is 0 Å². The molecule has 1 aromatic heterocycles. The Morgan fingerprint density at radius 2 is 1.93 bits per heavy atom. The first kappa shape index (κ1) is 12.0. The van der Waals surface area contributed by atoms with Gasteiger partial charge in [0.1, 0.15) is 12.4 Å². The Bertz CT molecular complexity index is 250. The van der Waals surface area contributed by atoms with Crippen molar-refractivity contribution in [2.75, 3.05) is 0 Å². The van der Waals surface area contributed by atoms with Gasteiger partial charge in [-0.25, -0.2) is 9.55 Å². The predicted octanol–water partition coefficient (Wildman–Crippen LogP) is 3.52. The molecular formula is C13H23N2+. The number of allylic oxidation sites excluding steroid dienone is 1. The van der Waals surface area contributed by atoms with Crippen LogP contribution in [0.15, 0.2) is 24.8 Å². The lowest BCUT2D eigenvalue weighted by molar-refractivity contribution is -0.566. The Hall–Kier alpha value is -1.05. The second kappa shape index (κ2) is 8.27. The number of hydrogen-bond acceptors (Lipinski definition) is 0. The molecule has 2 heteroatoms. The minimum Gasteiger partial charge on any atom is -0.250 e. The van der Waals surface area contributed by atoms with Gasteiger partial charge in [-0.1, -0.05) is 39.0 Å². The molecule has 0 radical (unpaired) electrons. The number of nitrogens with zero attached hydrogens (tertiary/aromatic N) is 1. The van der Waals surface area contributed by atoms with Crippen LogP contribution in [0.2, 0.25) is 0 Å². The highest BCUT2D eigenvalue weighted by Gasteiger charge is 1.90. The van der Waals surface area contributed by atoms with E-state index in [0.717, 1.165) is 0 Å². The zero-order chi connectivity index (χ0) is 10.8. The first-order chi connectivity index (χ1) is 7.43. The van der Waals surface area contributed by atoms with Crippen LogP contribution in [0.25, 0.3) is 6.20 Å². The van der Waals surface area contributed by atoms with E-state index in [4.69, 9.17) is 0 Å². The number of hydrogen-bond donors (Lipinski definition) is 1. The molecule has 0 bridgehead atoms. The molecule has 1 aromatic rings. The van der Waals surface area contributed by atoms with Gasteiger partial charge in [-0.15, -0.1) is 0 Å². The third-order valence-corrected chi connectivity index (χ3v) is 2.57. The monoisotopic (exact) mass is 207 g/mol. The minimum absolute atomic E-state index is 1.20. The Morgan fingerprint density at radius 3 is 2.67 bits per heavy atom. The van der Waals surface area contributed by atoms with E-state index in [1.165, 1.54) is 44.9 Å². The lowest BCUT2D eigenvalue weighted by atomic mass is 10.1. The summed E-state index contributed by atoms with van der Waals surface area (Å²) < 4.78 is 2.04. The van der Waals surface area contributed by atoms with Gasteiger partial charge in [0.05, 0.1) is 6.20 Å². The summed E-state index contributed by atoms with van der Waals surface area (Å²) in [5.41, 5.74) is 0. The van der Waals surface area contributed by atoms with Gasteiger partial charge in [0, 0.05) is 0 Å². The molecule has 0 aromatic carbocycles. The summed E-state index contributed by atoms with van der Waals surface area (Å²) in [5, 5.41) is 0. The van der Waals surface area contributed by atoms with Crippen molar-refractivity contribution in [1.82, 2.24) is 4.98 Å². The molecule has 0 unspecified atom stereocenters. The van der Waals surface area contributed by atoms with E-state index in [2.05, 4.69) is 24.2 Å². The van der Waals surface area contributed by atoms with Crippen molar-refractivity contribution in [3.63, 3.8) is 0 Å². The van der Waals surface area contributed by atoms with Crippen molar-refractivity contribution >= 4 is 6.20 Å². The largest absolute Gasteiger partial charge is 0.250 e. The zero-order valence-corrected chi connectivity index (χ0v) is 9.78. The number of aromatic amines is 1. The van der Waals surface area contributed by atoms with Gasteiger partial charge >= 0.3 is 0 Å². The van der Waals surface area contributed by atoms with Crippen LogP contribution in [0.5, 0.6) is 0 Å². The van der Waals surface area contributed by atoms with E-state index in [1.807, 2.05) is 23.3 Å². The predicted molar refractivity (Wildman–Crippen MR) is 64.3 cm³/mol. The van der Waals surface area contributed by atoms with Crippen LogP contribution in [-0.2, 0) is 0 Å². The number of unbranched alkanes of at least 4 members (excludes halogenated alkanes) is 6. The highest BCUT2D eigenvalue weighted by atomic mass is 15.0. The second-order valence-electron chi connectivity index (χ2n) is 4.00. The smallest absolute Gasteiger partial charge is 0.246 e. The molecule has 15 heavy (non-hydrogen) atoms. The van der Waals surface area contributed by atoms with Crippen LogP contribution in [0.4, 0.5) is 0 Å². The number of aromatic nitrogens is 2. The standard InChI is InChI=1S/C13H22N2/c1-2-3-4-5-6-7-8-9-11-15-12-10-14-13-15/h9-13H,2-8H2,1H3/p+1. The summed E-state index contributed by atoms with van der Waals surface area (Å²) in [6.07, 6.45) is 19.7. The Labute approximate surface area is 93.0 Å². The van der Waals surface area contributed by atoms with Crippen LogP contribution < -0.4 is 4.57 Å². The first-order valence-electron chi connectivity index (χ1n) is 6.13. The third kappa shape index (κ3) is 6.10. The topological polar surface area (TPSA) is 19.7 Å². The lowest BCUT2D eigenvalue weighted by Gasteiger charge is -1.97. The average molecular weight is 207 g/mol. The first-order valence-corrected chi connectivity index (χ1v) is 6.13. The molecule has 0 spiro atoms. The second-order valence-corrected chi connectivity index (χ2v) is 4.00. The van der Waals surface area contributed by atoms with Gasteiger partial charge in [0.2, 0.25) is 6.33 Å². The molecule has 0 saturated heterocycles. The molecule has 0 aliphatic heterocycles. The fourth-order valence-electron chi connectivity index (χ4n) is 1.63. The van der Waals surface area contributed by atoms with Crippen LogP contribution in [0.1, 0.15) is 51.9 Å². The maximum atomic E-state index is 3.02. The number of rotatable bonds is 8. The van der Waals surface area contributed by atoms with Gasteiger partial charge < -0.3 is 0 Å². The number of nitrogens with one attached hydrogen (secondary N) is 1. The number of H-pyrrole nitrogens is 1. The summed E-state index contributed by atoms with van der Waals surface area (Å²) in [5.74, 6) is 0. The van der Waals surface area contributed by atoms with Gasteiger partial charge in [-0.2, -0.15) is 0 Å². The minimum atomic E-state index is 1.20. The maximum Gasteiger partial charge on any atom is 0.246 e. The summed E-state index contributed by atoms with van der Waals surface area (Å²) in [4.78, 5) is 3.02. The van der Waals surface area contributed by atoms with Crippen molar-refractivity contribution in [3.05, 3.63) is 24.8 Å². The molecule has 1 rings (SSSR count). The number of imidazole rings is 1. The van der Waals surface area contributed by atoms with Gasteiger partial charge in [0.15, 0.2) is 0 Å².